The van der Waals surface area contributed by atoms with Crippen LogP contribution in [0.1, 0.15) is 12.8 Å². The molecule has 0 N–H and O–H groups in total. The van der Waals surface area contributed by atoms with E-state index >= 15 is 0 Å². The molecule has 0 rings (SSSR count). The summed E-state index contributed by atoms with van der Waals surface area (Å²) in [5, 5.41) is 0. The van der Waals surface area contributed by atoms with Crippen LogP contribution in [0.4, 0.5) is 22.0 Å². The van der Waals surface area contributed by atoms with Gasteiger partial charge in [-0.15, -0.1) is 11.6 Å². The molecule has 0 fully saturated rings. The molecule has 0 unspecified atom stereocenters. The normalized spacial score (nSPS) is 14.1. The minimum Gasteiger partial charge on any atom is -0.229 e. The van der Waals surface area contributed by atoms with Crippen LogP contribution in [0.5, 0.6) is 0 Å². The van der Waals surface area contributed by atoms with Crippen molar-refractivity contribution in [1.82, 2.24) is 0 Å². The van der Waals surface area contributed by atoms with Gasteiger partial charge in [-0.3, -0.25) is 0 Å². The Kier molecular flexibility index (Phi) is 5.45. The molecule has 0 aliphatic rings. The fraction of sp³-hybridized carbons (Fsp3) is 1.00. The highest BCUT2D eigenvalue weighted by Crippen LogP contribution is 2.38. The Balaban J connectivity index is 4.35. The lowest BCUT2D eigenvalue weighted by molar-refractivity contribution is -0.282. The summed E-state index contributed by atoms with van der Waals surface area (Å²) < 4.78 is 81.8. The molecule has 0 radical (unpaired) electrons. The topological polar surface area (TPSA) is 34.1 Å². The van der Waals surface area contributed by atoms with Gasteiger partial charge in [0.1, 0.15) is 0 Å². The summed E-state index contributed by atoms with van der Waals surface area (Å²) in [7, 11) is -3.90. The van der Waals surface area contributed by atoms with Gasteiger partial charge in [0.2, 0.25) is 0 Å². The zero-order chi connectivity index (χ0) is 13.0. The van der Waals surface area contributed by atoms with Crippen molar-refractivity contribution in [2.45, 2.75) is 24.9 Å². The van der Waals surface area contributed by atoms with E-state index in [9.17, 15) is 30.4 Å². The Bertz CT molecular complexity index is 311. The fourth-order valence-electron chi connectivity index (χ4n) is 0.802. The first-order valence-electron chi connectivity index (χ1n) is 4.23. The number of hydrogen-bond acceptors (Lipinski definition) is 2. The zero-order valence-corrected chi connectivity index (χ0v) is 9.60. The highest BCUT2D eigenvalue weighted by Gasteiger charge is 2.57. The minimum absolute atomic E-state index is 0.00882. The van der Waals surface area contributed by atoms with Crippen molar-refractivity contribution in [1.29, 1.82) is 0 Å². The Hall–Kier alpha value is -0.110. The largest absolute Gasteiger partial charge is 0.453 e. The van der Waals surface area contributed by atoms with Crippen LogP contribution in [0, 0.1) is 0 Å². The van der Waals surface area contributed by atoms with E-state index in [2.05, 4.69) is 0 Å². The van der Waals surface area contributed by atoms with Crippen LogP contribution < -0.4 is 0 Å². The third-order valence-corrected chi connectivity index (χ3v) is 3.73. The van der Waals surface area contributed by atoms with E-state index in [1.165, 1.54) is 0 Å². The van der Waals surface area contributed by atoms with Crippen molar-refractivity contribution >= 4 is 21.4 Å². The van der Waals surface area contributed by atoms with Gasteiger partial charge in [-0.1, -0.05) is 0 Å². The van der Waals surface area contributed by atoms with Gasteiger partial charge < -0.3 is 0 Å². The highest BCUT2D eigenvalue weighted by atomic mass is 35.5. The van der Waals surface area contributed by atoms with E-state index in [-0.39, 0.29) is 12.3 Å². The summed E-state index contributed by atoms with van der Waals surface area (Å²) >= 11 is 5.18. The summed E-state index contributed by atoms with van der Waals surface area (Å²) in [5.74, 6) is -6.64. The number of alkyl halides is 6. The summed E-state index contributed by atoms with van der Waals surface area (Å²) in [5.41, 5.74) is 0. The molecule has 0 aromatic carbocycles. The van der Waals surface area contributed by atoms with Gasteiger partial charge in [0.25, 0.3) is 0 Å². The van der Waals surface area contributed by atoms with Crippen LogP contribution in [0.25, 0.3) is 0 Å². The first kappa shape index (κ1) is 15.9. The lowest BCUT2D eigenvalue weighted by Crippen LogP contribution is -2.38. The van der Waals surface area contributed by atoms with E-state index in [1.807, 2.05) is 0 Å². The van der Waals surface area contributed by atoms with Gasteiger partial charge in [0, 0.05) is 12.3 Å². The standard InChI is InChI=1S/C7H10ClF5O2S/c8-3-1-4-16(14,15)5-2-6(9,10)7(11,12)13/h1-5H2. The molecule has 0 saturated heterocycles. The summed E-state index contributed by atoms with van der Waals surface area (Å²) in [6, 6.07) is 0. The fourth-order valence-corrected chi connectivity index (χ4v) is 2.45. The van der Waals surface area contributed by atoms with Crippen molar-refractivity contribution < 1.29 is 30.4 Å². The van der Waals surface area contributed by atoms with Crippen LogP contribution >= 0.6 is 11.6 Å². The number of rotatable bonds is 6. The summed E-state index contributed by atoms with van der Waals surface area (Å²) in [4.78, 5) is 0. The van der Waals surface area contributed by atoms with Crippen molar-refractivity contribution in [3.63, 3.8) is 0 Å². The van der Waals surface area contributed by atoms with Gasteiger partial charge in [-0.05, 0) is 6.42 Å². The molecule has 0 saturated carbocycles. The molecule has 0 aromatic rings. The molecular formula is C7H10ClF5O2S. The molecule has 0 aliphatic carbocycles. The van der Waals surface area contributed by atoms with Crippen LogP contribution in [-0.2, 0) is 9.84 Å². The molecule has 0 atom stereocenters. The summed E-state index contributed by atoms with van der Waals surface area (Å²) in [6.45, 7) is 0. The molecule has 0 heterocycles. The quantitative estimate of drug-likeness (QED) is 0.556. The predicted molar refractivity (Wildman–Crippen MR) is 49.6 cm³/mol. The molecule has 0 spiro atoms. The smallest absolute Gasteiger partial charge is 0.229 e. The average molecular weight is 289 g/mol. The summed E-state index contributed by atoms with van der Waals surface area (Å²) in [6.07, 6.45) is -7.43. The second-order valence-corrected chi connectivity index (χ2v) is 5.83. The molecule has 9 heteroatoms. The predicted octanol–water partition coefficient (Wildman–Crippen LogP) is 2.62. The highest BCUT2D eigenvalue weighted by molar-refractivity contribution is 7.91. The van der Waals surface area contributed by atoms with Crippen LogP contribution in [0.3, 0.4) is 0 Å². The van der Waals surface area contributed by atoms with Crippen LogP contribution in [0.15, 0.2) is 0 Å². The van der Waals surface area contributed by atoms with E-state index in [0.717, 1.165) is 0 Å². The molecule has 0 aliphatic heterocycles. The lowest BCUT2D eigenvalue weighted by Gasteiger charge is -2.19. The Morgan fingerprint density at radius 3 is 1.88 bits per heavy atom. The maximum Gasteiger partial charge on any atom is 0.453 e. The Morgan fingerprint density at radius 2 is 1.50 bits per heavy atom. The first-order chi connectivity index (χ1) is 7.02. The van der Waals surface area contributed by atoms with Crippen molar-refractivity contribution in [3.8, 4) is 0 Å². The average Bonchev–Trinajstić information content (AvgIpc) is 2.10. The van der Waals surface area contributed by atoms with Gasteiger partial charge in [0.05, 0.1) is 11.5 Å². The van der Waals surface area contributed by atoms with E-state index in [1.54, 1.807) is 0 Å². The number of halogens is 6. The molecule has 0 aromatic heterocycles. The van der Waals surface area contributed by atoms with E-state index in [0.29, 0.717) is 0 Å². The maximum absolute atomic E-state index is 12.4. The minimum atomic E-state index is -5.71. The van der Waals surface area contributed by atoms with Gasteiger partial charge in [-0.25, -0.2) is 8.42 Å². The number of sulfone groups is 1. The van der Waals surface area contributed by atoms with Crippen LogP contribution in [-0.4, -0.2) is 37.9 Å². The third-order valence-electron chi connectivity index (χ3n) is 1.73. The van der Waals surface area contributed by atoms with Crippen molar-refractivity contribution in [2.75, 3.05) is 17.4 Å². The Labute approximate surface area is 94.7 Å². The van der Waals surface area contributed by atoms with Gasteiger partial charge >= 0.3 is 12.1 Å². The Morgan fingerprint density at radius 1 is 1.00 bits per heavy atom. The van der Waals surface area contributed by atoms with Crippen molar-refractivity contribution in [2.24, 2.45) is 0 Å². The van der Waals surface area contributed by atoms with Crippen molar-refractivity contribution in [3.05, 3.63) is 0 Å². The SMILES string of the molecule is O=S(=O)(CCCCl)CCC(F)(F)C(F)(F)F. The maximum atomic E-state index is 12.4. The second-order valence-electron chi connectivity index (χ2n) is 3.15. The number of hydrogen-bond donors (Lipinski definition) is 0. The molecule has 2 nitrogen and oxygen atoms in total. The van der Waals surface area contributed by atoms with Gasteiger partial charge in [0.15, 0.2) is 9.84 Å². The van der Waals surface area contributed by atoms with Crippen LogP contribution in [0.2, 0.25) is 0 Å². The van der Waals surface area contributed by atoms with E-state index in [4.69, 9.17) is 11.6 Å². The lowest BCUT2D eigenvalue weighted by atomic mass is 10.2. The second kappa shape index (κ2) is 5.48. The zero-order valence-electron chi connectivity index (χ0n) is 8.03. The van der Waals surface area contributed by atoms with E-state index < -0.39 is 39.9 Å². The first-order valence-corrected chi connectivity index (χ1v) is 6.58. The third kappa shape index (κ3) is 5.29. The molecule has 0 bridgehead atoms. The molecular weight excluding hydrogens is 279 g/mol. The van der Waals surface area contributed by atoms with Gasteiger partial charge in [-0.2, -0.15) is 22.0 Å². The molecule has 16 heavy (non-hydrogen) atoms. The monoisotopic (exact) mass is 288 g/mol. The molecule has 0 amide bonds. The molecule has 98 valence electrons.